The van der Waals surface area contributed by atoms with Gasteiger partial charge in [0.1, 0.15) is 16.1 Å². The Morgan fingerprint density at radius 2 is 1.70 bits per heavy atom. The highest BCUT2D eigenvalue weighted by Crippen LogP contribution is 2.55. The van der Waals surface area contributed by atoms with Gasteiger partial charge in [0, 0.05) is 24.2 Å². The second kappa shape index (κ2) is 12.0. The molecule has 1 fully saturated rings. The summed E-state index contributed by atoms with van der Waals surface area (Å²) in [7, 11) is 1.48. The number of halogens is 6. The number of nitrogens with zero attached hydrogens (tertiary/aromatic N) is 1. The highest BCUT2D eigenvalue weighted by atomic mass is 35.5. The first-order valence-electron chi connectivity index (χ1n) is 13.4. The lowest BCUT2D eigenvalue weighted by atomic mass is 9.83. The number of Topliss-reactive ketones (excluding diaryl/α,β-unsaturated/α-hetero) is 1. The number of ether oxygens (including phenoxy) is 2. The Kier molecular flexibility index (Phi) is 8.79. The summed E-state index contributed by atoms with van der Waals surface area (Å²) < 4.78 is 68.2. The fourth-order valence-electron chi connectivity index (χ4n) is 5.48. The molecule has 5 rings (SSSR count). The second-order valence-corrected chi connectivity index (χ2v) is 12.7. The maximum Gasteiger partial charge on any atom is 0.407 e. The maximum atomic E-state index is 15.2. The number of methoxy groups -OCH3 is 1. The van der Waals surface area contributed by atoms with Crippen molar-refractivity contribution in [3.05, 3.63) is 98.3 Å². The number of fused-ring (bicyclic) bond motifs is 2. The quantitative estimate of drug-likeness (QED) is 0.133. The molecule has 228 valence electrons. The van der Waals surface area contributed by atoms with Gasteiger partial charge in [-0.3, -0.25) is 9.59 Å². The molecule has 3 aromatic rings. The summed E-state index contributed by atoms with van der Waals surface area (Å²) in [5.41, 5.74) is 1.04. The lowest BCUT2D eigenvalue weighted by molar-refractivity contribution is -0.168. The Hall–Kier alpha value is -2.79. The fraction of sp³-hybridized carbons (Fsp3) is 0.355. The van der Waals surface area contributed by atoms with Gasteiger partial charge in [-0.2, -0.15) is 13.2 Å². The number of benzene rings is 3. The Bertz CT molecular complexity index is 1540. The van der Waals surface area contributed by atoms with Gasteiger partial charge in [0.25, 0.3) is 0 Å². The zero-order valence-electron chi connectivity index (χ0n) is 23.2. The van der Waals surface area contributed by atoms with E-state index in [2.05, 4.69) is 0 Å². The number of likely N-dealkylation sites (tertiary alicyclic amines) is 1. The van der Waals surface area contributed by atoms with Crippen molar-refractivity contribution in [1.29, 1.82) is 0 Å². The summed E-state index contributed by atoms with van der Waals surface area (Å²) in [4.78, 5) is 27.4. The molecule has 43 heavy (non-hydrogen) atoms. The Morgan fingerprint density at radius 1 is 1.05 bits per heavy atom. The molecule has 3 aromatic carbocycles. The van der Waals surface area contributed by atoms with Gasteiger partial charge in [-0.1, -0.05) is 54.4 Å². The molecule has 2 aliphatic heterocycles. The van der Waals surface area contributed by atoms with E-state index in [0.29, 0.717) is 48.1 Å². The summed E-state index contributed by atoms with van der Waals surface area (Å²) in [5, 5.41) is -1.16. The van der Waals surface area contributed by atoms with Gasteiger partial charge in [-0.05, 0) is 52.6 Å². The summed E-state index contributed by atoms with van der Waals surface area (Å²) in [6, 6.07) is 13.0. The van der Waals surface area contributed by atoms with Gasteiger partial charge in [-0.15, -0.1) is 11.8 Å². The molecule has 5 nitrogen and oxygen atoms in total. The lowest BCUT2D eigenvalue weighted by Crippen LogP contribution is -2.61. The molecule has 0 aliphatic carbocycles. The van der Waals surface area contributed by atoms with Gasteiger partial charge in [0.15, 0.2) is 11.6 Å². The van der Waals surface area contributed by atoms with Crippen LogP contribution in [0.3, 0.4) is 0 Å². The van der Waals surface area contributed by atoms with Crippen molar-refractivity contribution in [3.63, 3.8) is 0 Å². The van der Waals surface area contributed by atoms with E-state index in [9.17, 15) is 14.0 Å². The third kappa shape index (κ3) is 5.87. The maximum absolute atomic E-state index is 15.2. The average Bonchev–Trinajstić information content (AvgIpc) is 3.35. The molecule has 12 heteroatoms. The van der Waals surface area contributed by atoms with Gasteiger partial charge >= 0.3 is 6.18 Å². The fourth-order valence-corrected chi connectivity index (χ4v) is 7.26. The van der Waals surface area contributed by atoms with E-state index in [1.807, 2.05) is 0 Å². The van der Waals surface area contributed by atoms with Crippen LogP contribution in [-0.2, 0) is 32.2 Å². The summed E-state index contributed by atoms with van der Waals surface area (Å²) in [6.45, 7) is 2.71. The van der Waals surface area contributed by atoms with Crippen molar-refractivity contribution >= 4 is 46.7 Å². The summed E-state index contributed by atoms with van der Waals surface area (Å²) in [6.07, 6.45) is -5.58. The number of hydrogen-bond donors (Lipinski definition) is 0. The summed E-state index contributed by atoms with van der Waals surface area (Å²) >= 11 is 12.4. The molecule has 1 saturated heterocycles. The van der Waals surface area contributed by atoms with Crippen molar-refractivity contribution in [1.82, 2.24) is 4.90 Å². The van der Waals surface area contributed by atoms with E-state index in [0.717, 1.165) is 17.7 Å². The van der Waals surface area contributed by atoms with Crippen molar-refractivity contribution in [2.45, 2.75) is 48.6 Å². The van der Waals surface area contributed by atoms with Crippen molar-refractivity contribution < 1.29 is 36.6 Å². The second-order valence-electron chi connectivity index (χ2n) is 10.6. The molecule has 0 bridgehead atoms. The molecule has 1 spiro atoms. The Morgan fingerprint density at radius 3 is 2.28 bits per heavy atom. The minimum atomic E-state index is -4.96. The van der Waals surface area contributed by atoms with Crippen LogP contribution in [-0.4, -0.2) is 43.0 Å². The highest BCUT2D eigenvalue weighted by Gasteiger charge is 2.58. The van der Waals surface area contributed by atoms with Gasteiger partial charge < -0.3 is 14.4 Å². The van der Waals surface area contributed by atoms with E-state index in [-0.39, 0.29) is 23.8 Å². The number of carbonyl (C=O) groups excluding carboxylic acids is 2. The van der Waals surface area contributed by atoms with Crippen LogP contribution < -0.4 is 4.74 Å². The summed E-state index contributed by atoms with van der Waals surface area (Å²) in [5.74, 6) is -1.39. The molecular weight excluding hydrogens is 629 g/mol. The van der Waals surface area contributed by atoms with E-state index in [4.69, 9.17) is 32.7 Å². The van der Waals surface area contributed by atoms with Crippen LogP contribution in [0, 0.1) is 5.82 Å². The zero-order chi connectivity index (χ0) is 31.2. The number of amides is 1. The molecule has 0 radical (unpaired) electrons. The van der Waals surface area contributed by atoms with Crippen LogP contribution >= 0.6 is 35.0 Å². The minimum absolute atomic E-state index is 0.00565. The van der Waals surface area contributed by atoms with Crippen LogP contribution in [0.25, 0.3) is 0 Å². The number of carbonyl (C=O) groups is 2. The van der Waals surface area contributed by atoms with Gasteiger partial charge in [0.05, 0.1) is 36.9 Å². The largest absolute Gasteiger partial charge is 0.497 e. The van der Waals surface area contributed by atoms with Crippen LogP contribution in [0.2, 0.25) is 10.0 Å². The molecule has 0 unspecified atom stereocenters. The molecule has 1 atom stereocenters. The number of rotatable bonds is 9. The predicted octanol–water partition coefficient (Wildman–Crippen LogP) is 8.08. The first-order valence-corrected chi connectivity index (χ1v) is 15.1. The zero-order valence-corrected chi connectivity index (χ0v) is 25.5. The predicted molar refractivity (Wildman–Crippen MR) is 157 cm³/mol. The number of hydrogen-bond acceptors (Lipinski definition) is 5. The highest BCUT2D eigenvalue weighted by molar-refractivity contribution is 7.99. The average molecular weight is 657 g/mol. The number of thioether (sulfide) groups is 1. The van der Waals surface area contributed by atoms with Crippen LogP contribution in [0.5, 0.6) is 5.75 Å². The van der Waals surface area contributed by atoms with Crippen molar-refractivity contribution in [2.75, 3.05) is 20.2 Å². The monoisotopic (exact) mass is 655 g/mol. The standard InChI is InChI=1S/C31H27Cl2F4NO4S/c1-3-27(40)38-16-29(17-38)23-9-6-19(10-20(23)14-42-29)26(39)13-30(31(35,36)37,21-11-24(32)28(34)25(33)12-21)43-15-18-4-7-22(41-2)8-5-18/h4-12H,3,13-17H2,1-2H3/t30-/m0/s1. The third-order valence-electron chi connectivity index (χ3n) is 7.93. The number of ketones is 1. The third-order valence-corrected chi connectivity index (χ3v) is 10.1. The van der Waals surface area contributed by atoms with E-state index >= 15 is 13.2 Å². The van der Waals surface area contributed by atoms with Crippen molar-refractivity contribution in [3.8, 4) is 5.75 Å². The Balaban J connectivity index is 1.48. The molecule has 2 heterocycles. The molecule has 0 saturated carbocycles. The van der Waals surface area contributed by atoms with Crippen LogP contribution in [0.15, 0.2) is 54.6 Å². The molecule has 2 aliphatic rings. The van der Waals surface area contributed by atoms with Crippen molar-refractivity contribution in [2.24, 2.45) is 0 Å². The van der Waals surface area contributed by atoms with Gasteiger partial charge in [0.2, 0.25) is 5.91 Å². The normalized spacial score (nSPS) is 16.9. The molecule has 0 aromatic heterocycles. The minimum Gasteiger partial charge on any atom is -0.497 e. The topological polar surface area (TPSA) is 55.8 Å². The molecular formula is C31H27Cl2F4NO4S. The first kappa shape index (κ1) is 31.6. The molecule has 0 N–H and O–H groups in total. The first-order chi connectivity index (χ1) is 20.3. The van der Waals surface area contributed by atoms with E-state index < -0.39 is 50.2 Å². The van der Waals surface area contributed by atoms with E-state index in [1.165, 1.54) is 13.2 Å². The SMILES string of the molecule is CCC(=O)N1CC2(C1)OCc1cc(C(=O)C[C@](SCc3ccc(OC)cc3)(c3cc(Cl)c(F)c(Cl)c3)C(F)(F)F)ccc12. The Labute approximate surface area is 260 Å². The van der Waals surface area contributed by atoms with E-state index in [1.54, 1.807) is 48.2 Å². The number of alkyl halides is 3. The van der Waals surface area contributed by atoms with Gasteiger partial charge in [-0.25, -0.2) is 4.39 Å². The molecule has 1 amide bonds. The van der Waals surface area contributed by atoms with Crippen LogP contribution in [0.1, 0.15) is 52.4 Å². The van der Waals surface area contributed by atoms with Crippen LogP contribution in [0.4, 0.5) is 17.6 Å². The lowest BCUT2D eigenvalue weighted by Gasteiger charge is -2.47. The smallest absolute Gasteiger partial charge is 0.407 e.